The highest BCUT2D eigenvalue weighted by Gasteiger charge is 2.48. The Morgan fingerprint density at radius 1 is 1.33 bits per heavy atom. The SMILES string of the molecule is C/C=C/C(O)C1(Sc2ccccc2)CC1. The molecule has 0 amide bonds. The van der Waals surface area contributed by atoms with E-state index in [-0.39, 0.29) is 10.9 Å². The summed E-state index contributed by atoms with van der Waals surface area (Å²) in [5.41, 5.74) is 0. The fraction of sp³-hybridized carbons (Fsp3) is 0.385. The zero-order valence-electron chi connectivity index (χ0n) is 8.89. The molecule has 0 aromatic heterocycles. The molecule has 0 bridgehead atoms. The predicted octanol–water partition coefficient (Wildman–Crippen LogP) is 3.25. The van der Waals surface area contributed by atoms with Crippen LogP contribution in [0, 0.1) is 0 Å². The normalized spacial score (nSPS) is 20.4. The van der Waals surface area contributed by atoms with Crippen molar-refractivity contribution in [3.8, 4) is 0 Å². The molecule has 1 N–H and O–H groups in total. The van der Waals surface area contributed by atoms with Crippen LogP contribution in [-0.4, -0.2) is 16.0 Å². The molecule has 1 nitrogen and oxygen atoms in total. The van der Waals surface area contributed by atoms with Crippen LogP contribution in [0.3, 0.4) is 0 Å². The lowest BCUT2D eigenvalue weighted by Crippen LogP contribution is -2.22. The topological polar surface area (TPSA) is 20.2 Å². The lowest BCUT2D eigenvalue weighted by Gasteiger charge is -2.18. The second kappa shape index (κ2) is 4.42. The monoisotopic (exact) mass is 220 g/mol. The first-order valence-electron chi connectivity index (χ1n) is 5.32. The average molecular weight is 220 g/mol. The van der Waals surface area contributed by atoms with Crippen molar-refractivity contribution < 1.29 is 5.11 Å². The Morgan fingerprint density at radius 2 is 2.00 bits per heavy atom. The van der Waals surface area contributed by atoms with E-state index in [1.54, 1.807) is 11.8 Å². The Bertz CT molecular complexity index is 341. The summed E-state index contributed by atoms with van der Waals surface area (Å²) in [6.45, 7) is 1.95. The molecule has 1 aromatic carbocycles. The van der Waals surface area contributed by atoms with Crippen LogP contribution in [0.25, 0.3) is 0 Å². The van der Waals surface area contributed by atoms with Crippen molar-refractivity contribution in [3.63, 3.8) is 0 Å². The van der Waals surface area contributed by atoms with Crippen molar-refractivity contribution in [3.05, 3.63) is 42.5 Å². The van der Waals surface area contributed by atoms with Crippen LogP contribution in [0.4, 0.5) is 0 Å². The first kappa shape index (κ1) is 10.8. The highest BCUT2D eigenvalue weighted by Crippen LogP contribution is 2.54. The fourth-order valence-corrected chi connectivity index (χ4v) is 2.93. The molecule has 0 heterocycles. The van der Waals surface area contributed by atoms with Gasteiger partial charge in [-0.3, -0.25) is 0 Å². The number of aliphatic hydroxyl groups is 1. The zero-order chi connectivity index (χ0) is 10.7. The molecule has 1 unspecified atom stereocenters. The second-order valence-corrected chi connectivity index (χ2v) is 5.44. The first-order valence-corrected chi connectivity index (χ1v) is 6.13. The third-order valence-corrected chi connectivity index (χ3v) is 4.29. The first-order chi connectivity index (χ1) is 7.27. The minimum atomic E-state index is -0.312. The standard InChI is InChI=1S/C13H16OS/c1-2-6-12(14)13(9-10-13)15-11-7-4-3-5-8-11/h2-8,12,14H,9-10H2,1H3/b6-2+. The number of hydrogen-bond donors (Lipinski definition) is 1. The van der Waals surface area contributed by atoms with Gasteiger partial charge >= 0.3 is 0 Å². The van der Waals surface area contributed by atoms with E-state index in [0.29, 0.717) is 0 Å². The number of rotatable bonds is 4. The van der Waals surface area contributed by atoms with Gasteiger partial charge in [0.15, 0.2) is 0 Å². The quantitative estimate of drug-likeness (QED) is 0.786. The van der Waals surface area contributed by atoms with Gasteiger partial charge in [0.2, 0.25) is 0 Å². The molecule has 1 fully saturated rings. The summed E-state index contributed by atoms with van der Waals surface area (Å²) in [6.07, 6.45) is 5.72. The number of benzene rings is 1. The molecule has 1 atom stereocenters. The lowest BCUT2D eigenvalue weighted by molar-refractivity contribution is 0.212. The van der Waals surface area contributed by atoms with Crippen LogP contribution in [0.1, 0.15) is 19.8 Å². The number of aliphatic hydroxyl groups excluding tert-OH is 1. The molecule has 0 aliphatic heterocycles. The highest BCUT2D eigenvalue weighted by molar-refractivity contribution is 8.01. The molecule has 1 saturated carbocycles. The largest absolute Gasteiger partial charge is 0.388 e. The van der Waals surface area contributed by atoms with E-state index in [9.17, 15) is 5.11 Å². The van der Waals surface area contributed by atoms with Gasteiger partial charge in [-0.15, -0.1) is 11.8 Å². The maximum Gasteiger partial charge on any atom is 0.0871 e. The van der Waals surface area contributed by atoms with Crippen LogP contribution in [0.5, 0.6) is 0 Å². The van der Waals surface area contributed by atoms with Gasteiger partial charge in [-0.1, -0.05) is 30.4 Å². The molecule has 2 rings (SSSR count). The third-order valence-electron chi connectivity index (χ3n) is 2.72. The summed E-state index contributed by atoms with van der Waals surface area (Å²) < 4.78 is 0.0495. The van der Waals surface area contributed by atoms with Gasteiger partial charge in [-0.05, 0) is 31.9 Å². The molecule has 15 heavy (non-hydrogen) atoms. The van der Waals surface area contributed by atoms with Crippen molar-refractivity contribution in [1.29, 1.82) is 0 Å². The van der Waals surface area contributed by atoms with Crippen molar-refractivity contribution in [1.82, 2.24) is 0 Å². The average Bonchev–Trinajstić information content (AvgIpc) is 3.01. The summed E-state index contributed by atoms with van der Waals surface area (Å²) >= 11 is 1.80. The summed E-state index contributed by atoms with van der Waals surface area (Å²) in [7, 11) is 0. The van der Waals surface area contributed by atoms with Crippen molar-refractivity contribution in [2.45, 2.75) is 35.5 Å². The molecule has 2 heteroatoms. The molecule has 1 aliphatic rings. The van der Waals surface area contributed by atoms with Crippen molar-refractivity contribution in [2.24, 2.45) is 0 Å². The van der Waals surface area contributed by atoms with Gasteiger partial charge in [-0.25, -0.2) is 0 Å². The summed E-state index contributed by atoms with van der Waals surface area (Å²) in [6, 6.07) is 10.3. The molecule has 0 radical (unpaired) electrons. The molecule has 80 valence electrons. The second-order valence-electron chi connectivity index (χ2n) is 3.95. The summed E-state index contributed by atoms with van der Waals surface area (Å²) in [5.74, 6) is 0. The van der Waals surface area contributed by atoms with Gasteiger partial charge in [0.1, 0.15) is 0 Å². The Balaban J connectivity index is 2.06. The van der Waals surface area contributed by atoms with Gasteiger partial charge < -0.3 is 5.11 Å². The third kappa shape index (κ3) is 2.44. The van der Waals surface area contributed by atoms with Crippen molar-refractivity contribution >= 4 is 11.8 Å². The van der Waals surface area contributed by atoms with Crippen LogP contribution >= 0.6 is 11.8 Å². The van der Waals surface area contributed by atoms with Crippen LogP contribution < -0.4 is 0 Å². The molecule has 1 aliphatic carbocycles. The predicted molar refractivity (Wildman–Crippen MR) is 65.1 cm³/mol. The van der Waals surface area contributed by atoms with E-state index in [0.717, 1.165) is 12.8 Å². The Hall–Kier alpha value is -0.730. The van der Waals surface area contributed by atoms with Gasteiger partial charge in [0, 0.05) is 4.90 Å². The maximum absolute atomic E-state index is 9.99. The Kier molecular flexibility index (Phi) is 3.17. The van der Waals surface area contributed by atoms with E-state index >= 15 is 0 Å². The highest BCUT2D eigenvalue weighted by atomic mass is 32.2. The summed E-state index contributed by atoms with van der Waals surface area (Å²) in [4.78, 5) is 1.25. The van der Waals surface area contributed by atoms with Crippen LogP contribution in [0.15, 0.2) is 47.4 Å². The minimum Gasteiger partial charge on any atom is -0.388 e. The lowest BCUT2D eigenvalue weighted by atomic mass is 10.2. The van der Waals surface area contributed by atoms with Crippen molar-refractivity contribution in [2.75, 3.05) is 0 Å². The fourth-order valence-electron chi connectivity index (χ4n) is 1.66. The maximum atomic E-state index is 9.99. The van der Waals surface area contributed by atoms with E-state index < -0.39 is 0 Å². The number of allylic oxidation sites excluding steroid dienone is 1. The van der Waals surface area contributed by atoms with Gasteiger partial charge in [0.05, 0.1) is 10.9 Å². The van der Waals surface area contributed by atoms with Crippen LogP contribution in [0.2, 0.25) is 0 Å². The zero-order valence-corrected chi connectivity index (χ0v) is 9.70. The minimum absolute atomic E-state index is 0.0495. The Morgan fingerprint density at radius 3 is 2.53 bits per heavy atom. The number of thioether (sulfide) groups is 1. The van der Waals surface area contributed by atoms with Gasteiger partial charge in [-0.2, -0.15) is 0 Å². The molecule has 0 saturated heterocycles. The molecule has 1 aromatic rings. The smallest absolute Gasteiger partial charge is 0.0871 e. The Labute approximate surface area is 95.2 Å². The molecule has 0 spiro atoms. The molecular weight excluding hydrogens is 204 g/mol. The van der Waals surface area contributed by atoms with E-state index in [2.05, 4.69) is 12.1 Å². The van der Waals surface area contributed by atoms with E-state index in [1.165, 1.54) is 4.90 Å². The van der Waals surface area contributed by atoms with E-state index in [1.807, 2.05) is 37.3 Å². The van der Waals surface area contributed by atoms with Crippen LogP contribution in [-0.2, 0) is 0 Å². The van der Waals surface area contributed by atoms with E-state index in [4.69, 9.17) is 0 Å². The number of hydrogen-bond acceptors (Lipinski definition) is 2. The van der Waals surface area contributed by atoms with Gasteiger partial charge in [0.25, 0.3) is 0 Å². The molecular formula is C13H16OS. The summed E-state index contributed by atoms with van der Waals surface area (Å²) in [5, 5.41) is 9.99.